The highest BCUT2D eigenvalue weighted by molar-refractivity contribution is 6.00. The molecule has 1 amide bonds. The first-order valence-corrected chi connectivity index (χ1v) is 13.1. The van der Waals surface area contributed by atoms with E-state index in [9.17, 15) is 4.79 Å². The van der Waals surface area contributed by atoms with Crippen molar-refractivity contribution in [3.63, 3.8) is 0 Å². The Morgan fingerprint density at radius 1 is 1.14 bits per heavy atom. The molecule has 3 aliphatic rings. The predicted molar refractivity (Wildman–Crippen MR) is 139 cm³/mol. The molecule has 2 aliphatic heterocycles. The molecule has 1 aromatic carbocycles. The average molecular weight is 479 g/mol. The smallest absolute Gasteiger partial charge is 0.230 e. The van der Waals surface area contributed by atoms with E-state index in [0.717, 1.165) is 80.4 Å². The summed E-state index contributed by atoms with van der Waals surface area (Å²) in [5, 5.41) is 3.50. The van der Waals surface area contributed by atoms with Crippen molar-refractivity contribution in [1.29, 1.82) is 0 Å². The van der Waals surface area contributed by atoms with Gasteiger partial charge in [0.2, 0.25) is 5.91 Å². The number of fused-ring (bicyclic) bond motifs is 2. The summed E-state index contributed by atoms with van der Waals surface area (Å²) < 4.78 is 11.4. The molecule has 0 bridgehead atoms. The molecule has 188 valence electrons. The van der Waals surface area contributed by atoms with Gasteiger partial charge in [0, 0.05) is 43.6 Å². The van der Waals surface area contributed by atoms with Gasteiger partial charge in [-0.25, -0.2) is 4.98 Å². The first kappa shape index (κ1) is 24.1. The number of pyridine rings is 1. The molecule has 0 radical (unpaired) electrons. The lowest BCUT2D eigenvalue weighted by molar-refractivity contribution is -0.124. The van der Waals surface area contributed by atoms with Gasteiger partial charge in [0.05, 0.1) is 37.2 Å². The molecule has 5 rings (SSSR count). The number of aromatic nitrogens is 1. The standard InChI is InChI=1S/C28H38N4O3/c1-19(2)26(34-3)20-6-8-21(9-7-20)28(33)32-18-22-5-4-12-29-27(22)30-24-11-10-23(17-25(24)32)31-13-15-35-16-14-31/h4-5,10-12,17,19-21,26H,6-9,13-16,18H2,1-3H3,(H,29,30)/t20-,21+,26-/m0/s1. The fourth-order valence-corrected chi connectivity index (χ4v) is 6.05. The summed E-state index contributed by atoms with van der Waals surface area (Å²) in [6, 6.07) is 10.4. The van der Waals surface area contributed by atoms with Crippen LogP contribution >= 0.6 is 0 Å². The Morgan fingerprint density at radius 2 is 1.91 bits per heavy atom. The fraction of sp³-hybridized carbons (Fsp3) is 0.571. The van der Waals surface area contributed by atoms with E-state index in [2.05, 4.69) is 53.3 Å². The summed E-state index contributed by atoms with van der Waals surface area (Å²) in [5.74, 6) is 2.10. The van der Waals surface area contributed by atoms with Gasteiger partial charge in [0.15, 0.2) is 0 Å². The molecule has 7 heteroatoms. The Balaban J connectivity index is 1.42. The van der Waals surface area contributed by atoms with Gasteiger partial charge in [-0.2, -0.15) is 0 Å². The Labute approximate surface area is 208 Å². The summed E-state index contributed by atoms with van der Waals surface area (Å²) in [6.45, 7) is 8.17. The molecule has 0 spiro atoms. The zero-order valence-electron chi connectivity index (χ0n) is 21.2. The van der Waals surface area contributed by atoms with Crippen LogP contribution in [0.5, 0.6) is 0 Å². The minimum atomic E-state index is 0.0361. The van der Waals surface area contributed by atoms with Crippen molar-refractivity contribution < 1.29 is 14.3 Å². The largest absolute Gasteiger partial charge is 0.381 e. The van der Waals surface area contributed by atoms with Gasteiger partial charge < -0.3 is 24.6 Å². The molecular formula is C28H38N4O3. The lowest BCUT2D eigenvalue weighted by atomic mass is 9.76. The van der Waals surface area contributed by atoms with Crippen LogP contribution in [0.4, 0.5) is 22.9 Å². The van der Waals surface area contributed by atoms with E-state index in [1.165, 1.54) is 0 Å². The first-order valence-electron chi connectivity index (χ1n) is 13.1. The van der Waals surface area contributed by atoms with Gasteiger partial charge in [-0.05, 0) is 61.8 Å². The summed E-state index contributed by atoms with van der Waals surface area (Å²) in [7, 11) is 1.82. The summed E-state index contributed by atoms with van der Waals surface area (Å²) >= 11 is 0. The number of amides is 1. The topological polar surface area (TPSA) is 66.9 Å². The van der Waals surface area contributed by atoms with Crippen molar-refractivity contribution in [3.05, 3.63) is 42.1 Å². The molecule has 1 saturated carbocycles. The molecule has 7 nitrogen and oxygen atoms in total. The van der Waals surface area contributed by atoms with Gasteiger partial charge >= 0.3 is 0 Å². The lowest BCUT2D eigenvalue weighted by Gasteiger charge is -2.36. The Hall–Kier alpha value is -2.64. The van der Waals surface area contributed by atoms with E-state index in [1.807, 2.05) is 18.1 Å². The predicted octanol–water partition coefficient (Wildman–Crippen LogP) is 4.99. The maximum atomic E-state index is 14.1. The number of benzene rings is 1. The van der Waals surface area contributed by atoms with Crippen LogP contribution in [0.2, 0.25) is 0 Å². The molecule has 1 aromatic heterocycles. The van der Waals surface area contributed by atoms with E-state index in [0.29, 0.717) is 18.4 Å². The van der Waals surface area contributed by atoms with E-state index >= 15 is 0 Å². The van der Waals surface area contributed by atoms with Gasteiger partial charge in [-0.3, -0.25) is 4.79 Å². The molecule has 1 N–H and O–H groups in total. The highest BCUT2D eigenvalue weighted by atomic mass is 16.5. The highest BCUT2D eigenvalue weighted by Gasteiger charge is 2.36. The summed E-state index contributed by atoms with van der Waals surface area (Å²) in [5.41, 5.74) is 4.05. The zero-order chi connectivity index (χ0) is 24.4. The number of anilines is 4. The number of nitrogens with zero attached hydrogens (tertiary/aromatic N) is 3. The fourth-order valence-electron chi connectivity index (χ4n) is 6.05. The lowest BCUT2D eigenvalue weighted by Crippen LogP contribution is -2.40. The van der Waals surface area contributed by atoms with E-state index < -0.39 is 0 Å². The molecule has 3 heterocycles. The van der Waals surface area contributed by atoms with E-state index in [-0.39, 0.29) is 17.9 Å². The third kappa shape index (κ3) is 5.02. The van der Waals surface area contributed by atoms with E-state index in [1.54, 1.807) is 6.20 Å². The molecule has 0 unspecified atom stereocenters. The van der Waals surface area contributed by atoms with Crippen molar-refractivity contribution in [2.45, 2.75) is 52.2 Å². The molecule has 1 aliphatic carbocycles. The Kier molecular flexibility index (Phi) is 7.25. The maximum absolute atomic E-state index is 14.1. The summed E-state index contributed by atoms with van der Waals surface area (Å²) in [4.78, 5) is 23.0. The van der Waals surface area contributed by atoms with Crippen LogP contribution in [0.25, 0.3) is 0 Å². The monoisotopic (exact) mass is 478 g/mol. The summed E-state index contributed by atoms with van der Waals surface area (Å²) in [6.07, 6.45) is 5.98. The van der Waals surface area contributed by atoms with Crippen LogP contribution < -0.4 is 15.1 Å². The second-order valence-electron chi connectivity index (χ2n) is 10.4. The number of carbonyl (C=O) groups is 1. The number of hydrogen-bond acceptors (Lipinski definition) is 6. The van der Waals surface area contributed by atoms with Gasteiger partial charge in [-0.1, -0.05) is 19.9 Å². The number of methoxy groups -OCH3 is 1. The maximum Gasteiger partial charge on any atom is 0.230 e. The van der Waals surface area contributed by atoms with Crippen molar-refractivity contribution in [1.82, 2.24) is 4.98 Å². The number of nitrogens with one attached hydrogen (secondary N) is 1. The van der Waals surface area contributed by atoms with Crippen molar-refractivity contribution in [2.75, 3.05) is 48.5 Å². The van der Waals surface area contributed by atoms with Crippen LogP contribution in [-0.4, -0.2) is 50.4 Å². The second-order valence-corrected chi connectivity index (χ2v) is 10.4. The third-order valence-electron chi connectivity index (χ3n) is 7.90. The zero-order valence-corrected chi connectivity index (χ0v) is 21.2. The number of hydrogen-bond donors (Lipinski definition) is 1. The number of carbonyl (C=O) groups excluding carboxylic acids is 1. The molecule has 1 atom stereocenters. The van der Waals surface area contributed by atoms with Crippen molar-refractivity contribution in [3.8, 4) is 0 Å². The number of morpholine rings is 1. The van der Waals surface area contributed by atoms with Crippen LogP contribution in [0.1, 0.15) is 45.1 Å². The first-order chi connectivity index (χ1) is 17.0. The second kappa shape index (κ2) is 10.5. The molecule has 2 aromatic rings. The van der Waals surface area contributed by atoms with Gasteiger partial charge in [-0.15, -0.1) is 0 Å². The minimum Gasteiger partial charge on any atom is -0.381 e. The molecule has 1 saturated heterocycles. The van der Waals surface area contributed by atoms with E-state index in [4.69, 9.17) is 9.47 Å². The highest BCUT2D eigenvalue weighted by Crippen LogP contribution is 2.41. The van der Waals surface area contributed by atoms with Crippen molar-refractivity contribution >= 4 is 28.8 Å². The van der Waals surface area contributed by atoms with Crippen LogP contribution in [0.15, 0.2) is 36.5 Å². The third-order valence-corrected chi connectivity index (χ3v) is 7.90. The minimum absolute atomic E-state index is 0.0361. The van der Waals surface area contributed by atoms with Crippen molar-refractivity contribution in [2.24, 2.45) is 17.8 Å². The SMILES string of the molecule is CO[C@@H](C(C)C)[C@H]1CC[C@@H](C(=O)N2Cc3cccnc3Nc3ccc(N4CCOCC4)cc32)CC1. The van der Waals surface area contributed by atoms with Crippen LogP contribution in [0, 0.1) is 17.8 Å². The molecule has 35 heavy (non-hydrogen) atoms. The molecular weight excluding hydrogens is 440 g/mol. The van der Waals surface area contributed by atoms with Gasteiger partial charge in [0.25, 0.3) is 0 Å². The number of ether oxygens (including phenoxy) is 2. The Bertz CT molecular complexity index is 1030. The number of rotatable bonds is 5. The van der Waals surface area contributed by atoms with Crippen LogP contribution in [-0.2, 0) is 20.8 Å². The molecule has 2 fully saturated rings. The van der Waals surface area contributed by atoms with Gasteiger partial charge in [0.1, 0.15) is 5.82 Å². The van der Waals surface area contributed by atoms with Crippen LogP contribution in [0.3, 0.4) is 0 Å². The normalized spacial score (nSPS) is 23.2. The quantitative estimate of drug-likeness (QED) is 0.653. The Morgan fingerprint density at radius 3 is 2.63 bits per heavy atom. The average Bonchev–Trinajstić information content (AvgIpc) is 3.06.